The topological polar surface area (TPSA) is 72.9 Å². The van der Waals surface area contributed by atoms with E-state index in [2.05, 4.69) is 0 Å². The van der Waals surface area contributed by atoms with Crippen LogP contribution in [-0.2, 0) is 14.4 Å². The van der Waals surface area contributed by atoms with Gasteiger partial charge in [0.2, 0.25) is 11.8 Å². The molecule has 0 aromatic heterocycles. The predicted molar refractivity (Wildman–Crippen MR) is 147 cm³/mol. The molecular formula is C33H25NO5. The second-order valence-electron chi connectivity index (χ2n) is 10.4. The van der Waals surface area contributed by atoms with Crippen molar-refractivity contribution in [2.75, 3.05) is 12.0 Å². The molecule has 2 heterocycles. The molecule has 0 N–H and O–H groups in total. The molecule has 6 nitrogen and oxygen atoms in total. The molecule has 3 aliphatic rings. The van der Waals surface area contributed by atoms with Crippen LogP contribution in [0.2, 0.25) is 0 Å². The number of ether oxygens (including phenoxy) is 2. The zero-order chi connectivity index (χ0) is 26.8. The van der Waals surface area contributed by atoms with E-state index in [1.165, 1.54) is 4.90 Å². The van der Waals surface area contributed by atoms with Gasteiger partial charge in [0.25, 0.3) is 0 Å². The van der Waals surface area contributed by atoms with Gasteiger partial charge in [-0.1, -0.05) is 72.3 Å². The first kappa shape index (κ1) is 23.4. The number of amides is 2. The lowest BCUT2D eigenvalue weighted by molar-refractivity contribution is -0.142. The summed E-state index contributed by atoms with van der Waals surface area (Å²) in [6.07, 6.45) is 2.01. The summed E-state index contributed by atoms with van der Waals surface area (Å²) >= 11 is 0. The van der Waals surface area contributed by atoms with Crippen molar-refractivity contribution >= 4 is 39.8 Å². The molecule has 4 aromatic carbocycles. The summed E-state index contributed by atoms with van der Waals surface area (Å²) in [5, 5.41) is 1.79. The number of hydrogen-bond acceptors (Lipinski definition) is 5. The first-order valence-electron chi connectivity index (χ1n) is 13.0. The second kappa shape index (κ2) is 8.67. The van der Waals surface area contributed by atoms with Crippen LogP contribution in [0.3, 0.4) is 0 Å². The molecule has 0 radical (unpaired) electrons. The molecule has 1 fully saturated rings. The van der Waals surface area contributed by atoms with Crippen LogP contribution in [0.5, 0.6) is 11.5 Å². The molecule has 0 bridgehead atoms. The van der Waals surface area contributed by atoms with E-state index in [1.807, 2.05) is 85.8 Å². The number of nitrogens with zero attached hydrogens (tertiary/aromatic N) is 1. The molecule has 0 spiro atoms. The van der Waals surface area contributed by atoms with Gasteiger partial charge < -0.3 is 9.47 Å². The van der Waals surface area contributed by atoms with Gasteiger partial charge >= 0.3 is 5.97 Å². The summed E-state index contributed by atoms with van der Waals surface area (Å²) in [5.41, 5.74) is 3.93. The molecule has 1 aliphatic carbocycles. The Kier molecular flexibility index (Phi) is 5.20. The van der Waals surface area contributed by atoms with Crippen LogP contribution in [0.25, 0.3) is 16.3 Å². The summed E-state index contributed by atoms with van der Waals surface area (Å²) in [5.74, 6) is -2.88. The monoisotopic (exact) mass is 515 g/mol. The van der Waals surface area contributed by atoms with Gasteiger partial charge in [0.05, 0.1) is 30.6 Å². The standard InChI is InChI=1S/C33H25NO5/c1-18-7-12-21(13-8-18)34-31(35)27-25(20-9-14-22(38-2)15-10-20)17-26-24-16-11-19-5-3-4-6-23(19)30(24)39-33(37)28(26)29(27)32(34)36/h3-17,25,27-29H,1-2H3/t25-,27-,28-,29+/m0/s1. The number of esters is 1. The average molecular weight is 516 g/mol. The van der Waals surface area contributed by atoms with Crippen LogP contribution in [0.4, 0.5) is 5.69 Å². The van der Waals surface area contributed by atoms with Crippen molar-refractivity contribution in [3.8, 4) is 11.5 Å². The molecule has 6 heteroatoms. The first-order valence-corrected chi connectivity index (χ1v) is 13.0. The summed E-state index contributed by atoms with van der Waals surface area (Å²) in [7, 11) is 1.60. The van der Waals surface area contributed by atoms with Crippen molar-refractivity contribution in [2.24, 2.45) is 17.8 Å². The van der Waals surface area contributed by atoms with Gasteiger partial charge in [0, 0.05) is 16.9 Å². The third-order valence-electron chi connectivity index (χ3n) is 8.28. The van der Waals surface area contributed by atoms with Gasteiger partial charge in [-0.15, -0.1) is 0 Å². The number of methoxy groups -OCH3 is 1. The number of aryl methyl sites for hydroxylation is 1. The maximum Gasteiger partial charge on any atom is 0.319 e. The van der Waals surface area contributed by atoms with E-state index in [0.717, 1.165) is 33.0 Å². The third kappa shape index (κ3) is 3.44. The highest BCUT2D eigenvalue weighted by atomic mass is 16.5. The normalized spacial score (nSPS) is 23.6. The Morgan fingerprint density at radius 2 is 1.51 bits per heavy atom. The lowest BCUT2D eigenvalue weighted by Gasteiger charge is -2.38. The molecule has 2 amide bonds. The quantitative estimate of drug-likeness (QED) is 0.199. The smallest absolute Gasteiger partial charge is 0.319 e. The van der Waals surface area contributed by atoms with Crippen LogP contribution < -0.4 is 14.4 Å². The molecule has 1 saturated heterocycles. The molecule has 2 aliphatic heterocycles. The highest BCUT2D eigenvalue weighted by Crippen LogP contribution is 2.55. The minimum Gasteiger partial charge on any atom is -0.497 e. The Morgan fingerprint density at radius 1 is 0.795 bits per heavy atom. The van der Waals surface area contributed by atoms with E-state index in [4.69, 9.17) is 9.47 Å². The van der Waals surface area contributed by atoms with Gasteiger partial charge in [-0.05, 0) is 47.7 Å². The first-order chi connectivity index (χ1) is 19.0. The largest absolute Gasteiger partial charge is 0.497 e. The Morgan fingerprint density at radius 3 is 2.26 bits per heavy atom. The Labute approximate surface area is 225 Å². The molecule has 0 unspecified atom stereocenters. The molecule has 4 aromatic rings. The molecule has 192 valence electrons. The van der Waals surface area contributed by atoms with Gasteiger partial charge in [-0.2, -0.15) is 0 Å². The molecule has 39 heavy (non-hydrogen) atoms. The number of benzene rings is 4. The molecule has 4 atom stereocenters. The summed E-state index contributed by atoms with van der Waals surface area (Å²) in [6, 6.07) is 26.6. The summed E-state index contributed by atoms with van der Waals surface area (Å²) in [4.78, 5) is 43.1. The minimum atomic E-state index is -0.877. The fraction of sp³-hybridized carbons (Fsp3) is 0.182. The lowest BCUT2D eigenvalue weighted by atomic mass is 9.64. The number of imide groups is 1. The van der Waals surface area contributed by atoms with E-state index in [-0.39, 0.29) is 11.8 Å². The van der Waals surface area contributed by atoms with E-state index >= 15 is 0 Å². The SMILES string of the molecule is COc1ccc([C@@H]2C=C3c4ccc5ccccc5c4OC(=O)[C@@H]3[C@@H]3C(=O)N(c4ccc(C)cc4)C(=O)[C@H]32)cc1. The van der Waals surface area contributed by atoms with Crippen molar-refractivity contribution in [3.05, 3.63) is 108 Å². The molecule has 0 saturated carbocycles. The van der Waals surface area contributed by atoms with Gasteiger partial charge in [-0.3, -0.25) is 14.4 Å². The Hall–Kier alpha value is -4.71. The van der Waals surface area contributed by atoms with Crippen LogP contribution in [0, 0.1) is 24.7 Å². The van der Waals surface area contributed by atoms with Crippen molar-refractivity contribution in [2.45, 2.75) is 12.8 Å². The fourth-order valence-corrected chi connectivity index (χ4v) is 6.39. The lowest BCUT2D eigenvalue weighted by Crippen LogP contribution is -2.42. The van der Waals surface area contributed by atoms with Crippen LogP contribution >= 0.6 is 0 Å². The van der Waals surface area contributed by atoms with Crippen LogP contribution in [-0.4, -0.2) is 24.9 Å². The Balaban J connectivity index is 1.43. The fourth-order valence-electron chi connectivity index (χ4n) is 6.39. The van der Waals surface area contributed by atoms with Crippen molar-refractivity contribution in [1.29, 1.82) is 0 Å². The number of fused-ring (bicyclic) bond motifs is 7. The van der Waals surface area contributed by atoms with Crippen molar-refractivity contribution in [3.63, 3.8) is 0 Å². The zero-order valence-electron chi connectivity index (χ0n) is 21.5. The number of allylic oxidation sites excluding steroid dienone is 1. The van der Waals surface area contributed by atoms with Crippen LogP contribution in [0.1, 0.15) is 22.6 Å². The van der Waals surface area contributed by atoms with E-state index in [0.29, 0.717) is 17.2 Å². The minimum absolute atomic E-state index is 0.304. The summed E-state index contributed by atoms with van der Waals surface area (Å²) < 4.78 is 11.3. The third-order valence-corrected chi connectivity index (χ3v) is 8.28. The van der Waals surface area contributed by atoms with E-state index in [9.17, 15) is 14.4 Å². The van der Waals surface area contributed by atoms with Crippen molar-refractivity contribution in [1.82, 2.24) is 0 Å². The number of carbonyl (C=O) groups is 3. The second-order valence-corrected chi connectivity index (χ2v) is 10.4. The highest BCUT2D eigenvalue weighted by Gasteiger charge is 2.60. The number of carbonyl (C=O) groups excluding carboxylic acids is 3. The summed E-state index contributed by atoms with van der Waals surface area (Å²) in [6.45, 7) is 1.95. The maximum atomic E-state index is 14.1. The molecular weight excluding hydrogens is 490 g/mol. The predicted octanol–water partition coefficient (Wildman–Crippen LogP) is 5.68. The highest BCUT2D eigenvalue weighted by molar-refractivity contribution is 6.24. The Bertz CT molecular complexity index is 1700. The zero-order valence-corrected chi connectivity index (χ0v) is 21.5. The molecule has 7 rings (SSSR count). The van der Waals surface area contributed by atoms with Crippen LogP contribution in [0.15, 0.2) is 91.0 Å². The van der Waals surface area contributed by atoms with E-state index in [1.54, 1.807) is 19.2 Å². The van der Waals surface area contributed by atoms with E-state index < -0.39 is 29.6 Å². The van der Waals surface area contributed by atoms with Crippen molar-refractivity contribution < 1.29 is 23.9 Å². The maximum absolute atomic E-state index is 14.1. The number of rotatable bonds is 3. The van der Waals surface area contributed by atoms with Gasteiger partial charge in [0.1, 0.15) is 11.5 Å². The van der Waals surface area contributed by atoms with Gasteiger partial charge in [-0.25, -0.2) is 4.90 Å². The number of hydrogen-bond donors (Lipinski definition) is 0. The van der Waals surface area contributed by atoms with Gasteiger partial charge in [0.15, 0.2) is 0 Å². The number of anilines is 1. The average Bonchev–Trinajstić information content (AvgIpc) is 3.23.